The average molecular weight is 269 g/mol. The number of rotatable bonds is 5. The van der Waals surface area contributed by atoms with Crippen molar-refractivity contribution in [2.24, 2.45) is 0 Å². The number of furan rings is 1. The van der Waals surface area contributed by atoms with E-state index in [4.69, 9.17) is 4.42 Å². The molecule has 0 aliphatic rings. The number of fused-ring (bicyclic) bond motifs is 1. The van der Waals surface area contributed by atoms with Gasteiger partial charge in [0.05, 0.1) is 6.54 Å². The molecule has 0 saturated heterocycles. The second-order valence-corrected chi connectivity index (χ2v) is 5.24. The zero-order valence-corrected chi connectivity index (χ0v) is 11.8. The third-order valence-electron chi connectivity index (χ3n) is 3.33. The van der Waals surface area contributed by atoms with E-state index in [-0.39, 0.29) is 0 Å². The van der Waals surface area contributed by atoms with Gasteiger partial charge in [0, 0.05) is 35.9 Å². The van der Waals surface area contributed by atoms with Crippen molar-refractivity contribution in [3.8, 4) is 0 Å². The summed E-state index contributed by atoms with van der Waals surface area (Å²) in [6.45, 7) is 5.77. The molecule has 2 heterocycles. The smallest absolute Gasteiger partial charge is 0.134 e. The summed E-state index contributed by atoms with van der Waals surface area (Å²) in [6, 6.07) is 10.6. The van der Waals surface area contributed by atoms with Gasteiger partial charge in [-0.3, -0.25) is 4.68 Å². The van der Waals surface area contributed by atoms with Crippen LogP contribution in [0.1, 0.15) is 25.2 Å². The highest BCUT2D eigenvalue weighted by Crippen LogP contribution is 2.26. The highest BCUT2D eigenvalue weighted by Gasteiger charge is 2.14. The lowest BCUT2D eigenvalue weighted by Gasteiger charge is -2.08. The van der Waals surface area contributed by atoms with Crippen molar-refractivity contribution in [1.29, 1.82) is 0 Å². The van der Waals surface area contributed by atoms with Crippen LogP contribution < -0.4 is 5.32 Å². The average Bonchev–Trinajstić information content (AvgIpc) is 3.04. The Kier molecular flexibility index (Phi) is 3.56. The van der Waals surface area contributed by atoms with Gasteiger partial charge in [-0.1, -0.05) is 32.0 Å². The summed E-state index contributed by atoms with van der Waals surface area (Å²) in [6.07, 6.45) is 3.74. The fraction of sp³-hybridized carbons (Fsp3) is 0.312. The van der Waals surface area contributed by atoms with Gasteiger partial charge in [-0.15, -0.1) is 0 Å². The van der Waals surface area contributed by atoms with E-state index in [1.165, 1.54) is 10.9 Å². The first-order valence-electron chi connectivity index (χ1n) is 6.94. The molecule has 0 spiro atoms. The second kappa shape index (κ2) is 5.51. The quantitative estimate of drug-likeness (QED) is 0.773. The van der Waals surface area contributed by atoms with Crippen molar-refractivity contribution >= 4 is 11.0 Å². The van der Waals surface area contributed by atoms with Gasteiger partial charge in [0.1, 0.15) is 11.3 Å². The van der Waals surface area contributed by atoms with Crippen LogP contribution in [0, 0.1) is 0 Å². The predicted octanol–water partition coefficient (Wildman–Crippen LogP) is 3.18. The molecule has 0 saturated carbocycles. The summed E-state index contributed by atoms with van der Waals surface area (Å²) in [5.74, 6) is 0.975. The van der Waals surface area contributed by atoms with E-state index in [1.54, 1.807) is 6.20 Å². The Morgan fingerprint density at radius 2 is 2.10 bits per heavy atom. The zero-order valence-electron chi connectivity index (χ0n) is 11.8. The highest BCUT2D eigenvalue weighted by molar-refractivity contribution is 5.82. The molecule has 1 aromatic carbocycles. The molecule has 3 aromatic rings. The first kappa shape index (κ1) is 12.9. The first-order valence-corrected chi connectivity index (χ1v) is 6.94. The third-order valence-corrected chi connectivity index (χ3v) is 3.33. The molecule has 2 aromatic heterocycles. The minimum Gasteiger partial charge on any atom is -0.459 e. The van der Waals surface area contributed by atoms with Gasteiger partial charge in [0.25, 0.3) is 0 Å². The van der Waals surface area contributed by atoms with E-state index in [2.05, 4.69) is 36.4 Å². The highest BCUT2D eigenvalue weighted by atomic mass is 16.3. The Labute approximate surface area is 118 Å². The largest absolute Gasteiger partial charge is 0.459 e. The Balaban J connectivity index is 1.98. The van der Waals surface area contributed by atoms with Gasteiger partial charge in [-0.05, 0) is 12.1 Å². The lowest BCUT2D eigenvalue weighted by atomic mass is 10.1. The SMILES string of the molecule is CC(C)NCc1c(Cn2cccn2)oc2ccccc12. The van der Waals surface area contributed by atoms with E-state index in [9.17, 15) is 0 Å². The molecular weight excluding hydrogens is 250 g/mol. The lowest BCUT2D eigenvalue weighted by molar-refractivity contribution is 0.495. The van der Waals surface area contributed by atoms with Crippen LogP contribution in [0.4, 0.5) is 0 Å². The van der Waals surface area contributed by atoms with Crippen LogP contribution >= 0.6 is 0 Å². The van der Waals surface area contributed by atoms with Crippen LogP contribution in [0.15, 0.2) is 47.1 Å². The molecule has 1 N–H and O–H groups in total. The molecule has 104 valence electrons. The molecule has 20 heavy (non-hydrogen) atoms. The molecule has 3 rings (SSSR count). The van der Waals surface area contributed by atoms with Gasteiger partial charge in [-0.2, -0.15) is 5.10 Å². The van der Waals surface area contributed by atoms with Crippen molar-refractivity contribution in [1.82, 2.24) is 15.1 Å². The number of nitrogens with zero attached hydrogens (tertiary/aromatic N) is 2. The maximum absolute atomic E-state index is 6.00. The molecular formula is C16H19N3O. The Morgan fingerprint density at radius 3 is 2.85 bits per heavy atom. The fourth-order valence-corrected chi connectivity index (χ4v) is 2.32. The van der Waals surface area contributed by atoms with Crippen molar-refractivity contribution in [3.63, 3.8) is 0 Å². The van der Waals surface area contributed by atoms with Crippen LogP contribution in [0.2, 0.25) is 0 Å². The number of nitrogens with one attached hydrogen (secondary N) is 1. The number of hydrogen-bond donors (Lipinski definition) is 1. The monoisotopic (exact) mass is 269 g/mol. The van der Waals surface area contributed by atoms with Crippen molar-refractivity contribution in [2.75, 3.05) is 0 Å². The third kappa shape index (κ3) is 2.60. The normalized spacial score (nSPS) is 11.6. The summed E-state index contributed by atoms with van der Waals surface area (Å²) >= 11 is 0. The van der Waals surface area contributed by atoms with Crippen molar-refractivity contribution < 1.29 is 4.42 Å². The Hall–Kier alpha value is -2.07. The minimum absolute atomic E-state index is 0.446. The maximum atomic E-state index is 6.00. The van der Waals surface area contributed by atoms with Crippen molar-refractivity contribution in [3.05, 3.63) is 54.0 Å². The summed E-state index contributed by atoms with van der Waals surface area (Å²) in [4.78, 5) is 0. The summed E-state index contributed by atoms with van der Waals surface area (Å²) < 4.78 is 7.89. The van der Waals surface area contributed by atoms with Crippen molar-refractivity contribution in [2.45, 2.75) is 33.0 Å². The summed E-state index contributed by atoms with van der Waals surface area (Å²) in [5.41, 5.74) is 2.17. The van der Waals surface area contributed by atoms with Gasteiger partial charge >= 0.3 is 0 Å². The molecule has 0 atom stereocenters. The number of benzene rings is 1. The van der Waals surface area contributed by atoms with E-state index in [1.807, 2.05) is 29.1 Å². The molecule has 4 heteroatoms. The van der Waals surface area contributed by atoms with Crippen LogP contribution in [0.5, 0.6) is 0 Å². The minimum atomic E-state index is 0.446. The van der Waals surface area contributed by atoms with Crippen LogP contribution in [0.25, 0.3) is 11.0 Å². The molecule has 4 nitrogen and oxygen atoms in total. The van der Waals surface area contributed by atoms with E-state index < -0.39 is 0 Å². The van der Waals surface area contributed by atoms with Crippen LogP contribution in [-0.2, 0) is 13.1 Å². The second-order valence-electron chi connectivity index (χ2n) is 5.24. The summed E-state index contributed by atoms with van der Waals surface area (Å²) in [5, 5.41) is 8.91. The fourth-order valence-electron chi connectivity index (χ4n) is 2.32. The molecule has 0 amide bonds. The molecule has 0 radical (unpaired) electrons. The predicted molar refractivity (Wildman–Crippen MR) is 79.5 cm³/mol. The number of para-hydroxylation sites is 1. The Morgan fingerprint density at radius 1 is 1.25 bits per heavy atom. The van der Waals surface area contributed by atoms with E-state index >= 15 is 0 Å². The van der Waals surface area contributed by atoms with Crippen LogP contribution in [0.3, 0.4) is 0 Å². The molecule has 0 bridgehead atoms. The topological polar surface area (TPSA) is 43.0 Å². The molecule has 0 aliphatic heterocycles. The molecule has 0 fully saturated rings. The lowest BCUT2D eigenvalue weighted by Crippen LogP contribution is -2.22. The van der Waals surface area contributed by atoms with Gasteiger partial charge < -0.3 is 9.73 Å². The zero-order chi connectivity index (χ0) is 13.9. The maximum Gasteiger partial charge on any atom is 0.134 e. The number of aromatic nitrogens is 2. The Bertz CT molecular complexity index is 683. The van der Waals surface area contributed by atoms with E-state index in [0.29, 0.717) is 12.6 Å². The van der Waals surface area contributed by atoms with E-state index in [0.717, 1.165) is 17.9 Å². The molecule has 0 unspecified atom stereocenters. The molecule has 0 aliphatic carbocycles. The van der Waals surface area contributed by atoms with Gasteiger partial charge in [-0.25, -0.2) is 0 Å². The van der Waals surface area contributed by atoms with Gasteiger partial charge in [0.15, 0.2) is 0 Å². The van der Waals surface area contributed by atoms with Crippen LogP contribution in [-0.4, -0.2) is 15.8 Å². The number of hydrogen-bond acceptors (Lipinski definition) is 3. The van der Waals surface area contributed by atoms with Gasteiger partial charge in [0.2, 0.25) is 0 Å². The summed E-state index contributed by atoms with van der Waals surface area (Å²) in [7, 11) is 0. The standard InChI is InChI=1S/C16H19N3O/c1-12(2)17-10-14-13-6-3-4-7-15(13)20-16(14)11-19-9-5-8-18-19/h3-9,12,17H,10-11H2,1-2H3. The first-order chi connectivity index (χ1) is 9.74.